The van der Waals surface area contributed by atoms with E-state index in [2.05, 4.69) is 41.0 Å². The molecule has 0 amide bonds. The lowest BCUT2D eigenvalue weighted by Gasteiger charge is -2.22. The molecular weight excluding hydrogens is 336 g/mol. The fourth-order valence-corrected chi connectivity index (χ4v) is 3.33. The van der Waals surface area contributed by atoms with Gasteiger partial charge in [0.15, 0.2) is 0 Å². The van der Waals surface area contributed by atoms with Crippen LogP contribution in [0.1, 0.15) is 32.3 Å². The standard InChI is InChI=1S/C23H28N2O2/c1-5-27-15-21-24-17(2)22(25(21)16-23(3,4)26)20-13-9-12-19(14-20)18-10-7-6-8-11-18/h6-14,26H,5,15-16H2,1-4H3. The van der Waals surface area contributed by atoms with Crippen LogP contribution in [0.25, 0.3) is 22.4 Å². The van der Waals surface area contributed by atoms with Crippen LogP contribution in [0.15, 0.2) is 54.6 Å². The Morgan fingerprint density at radius 2 is 1.67 bits per heavy atom. The molecule has 27 heavy (non-hydrogen) atoms. The summed E-state index contributed by atoms with van der Waals surface area (Å²) in [5, 5.41) is 10.4. The first-order valence-electron chi connectivity index (χ1n) is 9.41. The van der Waals surface area contributed by atoms with E-state index in [9.17, 15) is 5.11 Å². The van der Waals surface area contributed by atoms with Gasteiger partial charge in [-0.05, 0) is 44.9 Å². The van der Waals surface area contributed by atoms with Crippen molar-refractivity contribution >= 4 is 0 Å². The van der Waals surface area contributed by atoms with Crippen LogP contribution >= 0.6 is 0 Å². The van der Waals surface area contributed by atoms with E-state index in [0.717, 1.165) is 28.3 Å². The molecule has 4 nitrogen and oxygen atoms in total. The molecule has 0 saturated heterocycles. The summed E-state index contributed by atoms with van der Waals surface area (Å²) < 4.78 is 7.70. The zero-order valence-electron chi connectivity index (χ0n) is 16.6. The maximum Gasteiger partial charge on any atom is 0.135 e. The second kappa shape index (κ2) is 8.07. The van der Waals surface area contributed by atoms with Crippen molar-refractivity contribution in [3.05, 3.63) is 66.1 Å². The molecule has 0 spiro atoms. The summed E-state index contributed by atoms with van der Waals surface area (Å²) in [7, 11) is 0. The summed E-state index contributed by atoms with van der Waals surface area (Å²) in [5.74, 6) is 0.844. The van der Waals surface area contributed by atoms with Gasteiger partial charge in [0.1, 0.15) is 12.4 Å². The number of hydrogen-bond donors (Lipinski definition) is 1. The molecule has 0 aliphatic rings. The van der Waals surface area contributed by atoms with Crippen molar-refractivity contribution in [2.45, 2.75) is 46.4 Å². The summed E-state index contributed by atoms with van der Waals surface area (Å²) in [5.41, 5.74) is 4.56. The van der Waals surface area contributed by atoms with Crippen LogP contribution in [-0.4, -0.2) is 26.9 Å². The Balaban J connectivity index is 2.09. The van der Waals surface area contributed by atoms with Gasteiger partial charge in [0.05, 0.1) is 23.5 Å². The van der Waals surface area contributed by atoms with E-state index in [-0.39, 0.29) is 0 Å². The Kier molecular flexibility index (Phi) is 5.78. The maximum atomic E-state index is 10.4. The second-order valence-corrected chi connectivity index (χ2v) is 7.44. The van der Waals surface area contributed by atoms with E-state index in [1.54, 1.807) is 0 Å². The minimum atomic E-state index is -0.847. The third-order valence-electron chi connectivity index (χ3n) is 4.44. The smallest absolute Gasteiger partial charge is 0.135 e. The monoisotopic (exact) mass is 364 g/mol. The molecule has 3 rings (SSSR count). The first kappa shape index (κ1) is 19.3. The number of hydrogen-bond acceptors (Lipinski definition) is 3. The SMILES string of the molecule is CCOCc1nc(C)c(-c2cccc(-c3ccccc3)c2)n1CC(C)(C)O. The lowest BCUT2D eigenvalue weighted by atomic mass is 10.0. The lowest BCUT2D eigenvalue weighted by Crippen LogP contribution is -2.27. The van der Waals surface area contributed by atoms with Crippen molar-refractivity contribution in [2.75, 3.05) is 6.61 Å². The highest BCUT2D eigenvalue weighted by Gasteiger charge is 2.22. The van der Waals surface area contributed by atoms with Crippen LogP contribution in [0.2, 0.25) is 0 Å². The van der Waals surface area contributed by atoms with Gasteiger partial charge in [0, 0.05) is 12.2 Å². The van der Waals surface area contributed by atoms with E-state index in [1.165, 1.54) is 5.56 Å². The highest BCUT2D eigenvalue weighted by atomic mass is 16.5. The zero-order chi connectivity index (χ0) is 19.4. The van der Waals surface area contributed by atoms with Gasteiger partial charge in [0.25, 0.3) is 0 Å². The molecule has 142 valence electrons. The van der Waals surface area contributed by atoms with E-state index >= 15 is 0 Å². The van der Waals surface area contributed by atoms with E-state index in [4.69, 9.17) is 9.72 Å². The van der Waals surface area contributed by atoms with Crippen LogP contribution in [0.3, 0.4) is 0 Å². The Bertz CT molecular complexity index is 892. The van der Waals surface area contributed by atoms with Crippen LogP contribution in [0.5, 0.6) is 0 Å². The largest absolute Gasteiger partial charge is 0.389 e. The first-order valence-corrected chi connectivity index (χ1v) is 9.41. The van der Waals surface area contributed by atoms with E-state index < -0.39 is 5.60 Å². The molecule has 1 aromatic heterocycles. The molecule has 1 N–H and O–H groups in total. The quantitative estimate of drug-likeness (QED) is 0.653. The summed E-state index contributed by atoms with van der Waals surface area (Å²) >= 11 is 0. The Hall–Kier alpha value is -2.43. The fourth-order valence-electron chi connectivity index (χ4n) is 3.33. The average Bonchev–Trinajstić information content (AvgIpc) is 2.94. The lowest BCUT2D eigenvalue weighted by molar-refractivity contribution is 0.0574. The molecule has 0 saturated carbocycles. The van der Waals surface area contributed by atoms with Crippen LogP contribution in [-0.2, 0) is 17.9 Å². The van der Waals surface area contributed by atoms with Gasteiger partial charge >= 0.3 is 0 Å². The second-order valence-electron chi connectivity index (χ2n) is 7.44. The maximum absolute atomic E-state index is 10.4. The number of benzene rings is 2. The molecular formula is C23H28N2O2. The predicted molar refractivity (Wildman–Crippen MR) is 109 cm³/mol. The van der Waals surface area contributed by atoms with Crippen molar-refractivity contribution in [1.29, 1.82) is 0 Å². The van der Waals surface area contributed by atoms with E-state index in [1.807, 2.05) is 45.9 Å². The number of nitrogens with zero attached hydrogens (tertiary/aromatic N) is 2. The minimum Gasteiger partial charge on any atom is -0.389 e. The third kappa shape index (κ3) is 4.65. The third-order valence-corrected chi connectivity index (χ3v) is 4.44. The number of imidazole rings is 1. The minimum absolute atomic E-state index is 0.436. The van der Waals surface area contributed by atoms with Crippen molar-refractivity contribution < 1.29 is 9.84 Å². The number of rotatable bonds is 7. The Labute approximate surface area is 161 Å². The molecule has 0 aliphatic heterocycles. The number of ether oxygens (including phenoxy) is 1. The van der Waals surface area contributed by atoms with Crippen molar-refractivity contribution in [3.8, 4) is 22.4 Å². The number of aromatic nitrogens is 2. The van der Waals surface area contributed by atoms with Gasteiger partial charge in [-0.3, -0.25) is 0 Å². The van der Waals surface area contributed by atoms with Gasteiger partial charge in [-0.25, -0.2) is 4.98 Å². The highest BCUT2D eigenvalue weighted by molar-refractivity contribution is 5.72. The zero-order valence-corrected chi connectivity index (χ0v) is 16.6. The summed E-state index contributed by atoms with van der Waals surface area (Å²) in [6.45, 7) is 9.15. The summed E-state index contributed by atoms with van der Waals surface area (Å²) in [6.07, 6.45) is 0. The number of aryl methyl sites for hydroxylation is 1. The van der Waals surface area contributed by atoms with E-state index in [0.29, 0.717) is 19.8 Å². The molecule has 0 fully saturated rings. The molecule has 0 unspecified atom stereocenters. The molecule has 0 radical (unpaired) electrons. The predicted octanol–water partition coefficient (Wildman–Crippen LogP) is 4.83. The molecule has 2 aromatic carbocycles. The topological polar surface area (TPSA) is 47.3 Å². The highest BCUT2D eigenvalue weighted by Crippen LogP contribution is 2.30. The van der Waals surface area contributed by atoms with Gasteiger partial charge in [-0.15, -0.1) is 0 Å². The van der Waals surface area contributed by atoms with Crippen molar-refractivity contribution in [1.82, 2.24) is 9.55 Å². The molecule has 1 heterocycles. The molecule has 3 aromatic rings. The molecule has 0 aliphatic carbocycles. The molecule has 0 atom stereocenters. The normalized spacial score (nSPS) is 11.7. The average molecular weight is 364 g/mol. The Morgan fingerprint density at radius 3 is 2.33 bits per heavy atom. The molecule has 0 bridgehead atoms. The molecule has 4 heteroatoms. The first-order chi connectivity index (χ1) is 12.9. The van der Waals surface area contributed by atoms with Crippen LogP contribution in [0.4, 0.5) is 0 Å². The summed E-state index contributed by atoms with van der Waals surface area (Å²) in [4.78, 5) is 4.74. The van der Waals surface area contributed by atoms with Crippen molar-refractivity contribution in [3.63, 3.8) is 0 Å². The Morgan fingerprint density at radius 1 is 1.00 bits per heavy atom. The van der Waals surface area contributed by atoms with Crippen LogP contribution in [0, 0.1) is 6.92 Å². The fraction of sp³-hybridized carbons (Fsp3) is 0.348. The van der Waals surface area contributed by atoms with Crippen molar-refractivity contribution in [2.24, 2.45) is 0 Å². The van der Waals surface area contributed by atoms with Gasteiger partial charge < -0.3 is 14.4 Å². The van der Waals surface area contributed by atoms with Crippen LogP contribution < -0.4 is 0 Å². The van der Waals surface area contributed by atoms with Gasteiger partial charge in [-0.1, -0.05) is 48.5 Å². The number of aliphatic hydroxyl groups is 1. The van der Waals surface area contributed by atoms with Gasteiger partial charge in [0.2, 0.25) is 0 Å². The summed E-state index contributed by atoms with van der Waals surface area (Å²) in [6, 6.07) is 18.8. The van der Waals surface area contributed by atoms with Gasteiger partial charge in [-0.2, -0.15) is 0 Å².